The maximum absolute atomic E-state index is 13.5. The van der Waals surface area contributed by atoms with Gasteiger partial charge in [-0.05, 0) is 112 Å². The first-order valence-electron chi connectivity index (χ1n) is 27.2. The fraction of sp³-hybridized carbons (Fsp3) is 0.648. The van der Waals surface area contributed by atoms with Gasteiger partial charge in [0, 0.05) is 76.7 Å². The normalized spacial score (nSPS) is 12.3. The van der Waals surface area contributed by atoms with Gasteiger partial charge in [0.2, 0.25) is 17.8 Å². The molecule has 0 aliphatic heterocycles. The number of aromatic amines is 1. The summed E-state index contributed by atoms with van der Waals surface area (Å²) in [6.07, 6.45) is 0.761. The highest BCUT2D eigenvalue weighted by Crippen LogP contribution is 2.19. The Labute approximate surface area is 478 Å². The van der Waals surface area contributed by atoms with Crippen LogP contribution in [0.1, 0.15) is 138 Å². The summed E-state index contributed by atoms with van der Waals surface area (Å²) in [4.78, 5) is 129. The van der Waals surface area contributed by atoms with Gasteiger partial charge in [0.15, 0.2) is 11.5 Å². The first kappa shape index (κ1) is 68.0. The minimum Gasteiger partial charge on any atom is -0.462 e. The highest BCUT2D eigenvalue weighted by Gasteiger charge is 2.28. The smallest absolute Gasteiger partial charge is 0.410 e. The third-order valence-electron chi connectivity index (χ3n) is 11.1. The number of H-pyrrole nitrogens is 1. The van der Waals surface area contributed by atoms with Crippen molar-refractivity contribution in [2.24, 2.45) is 0 Å². The Balaban J connectivity index is 1.53. The number of nitrogens with zero attached hydrogens (tertiary/aromatic N) is 5. The number of aromatic nitrogens is 4. The van der Waals surface area contributed by atoms with Crippen LogP contribution in [-0.4, -0.2) is 177 Å². The van der Waals surface area contributed by atoms with E-state index in [-0.39, 0.29) is 76.3 Å². The number of carbonyl (C=O) groups is 8. The second kappa shape index (κ2) is 32.8. The molecule has 1 unspecified atom stereocenters. The molecule has 2 heterocycles. The van der Waals surface area contributed by atoms with Crippen LogP contribution in [0.5, 0.6) is 0 Å². The van der Waals surface area contributed by atoms with Gasteiger partial charge in [0.05, 0.1) is 13.1 Å². The van der Waals surface area contributed by atoms with Crippen molar-refractivity contribution in [3.05, 3.63) is 45.9 Å². The largest absolute Gasteiger partial charge is 0.462 e. The van der Waals surface area contributed by atoms with E-state index < -0.39 is 82.6 Å². The van der Waals surface area contributed by atoms with E-state index in [2.05, 4.69) is 48.5 Å². The van der Waals surface area contributed by atoms with Crippen LogP contribution < -0.4 is 38.0 Å². The lowest BCUT2D eigenvalue weighted by Gasteiger charge is -2.29. The number of nitrogens with two attached hydrogens (primary N) is 1. The second-order valence-electron chi connectivity index (χ2n) is 22.1. The zero-order valence-electron chi connectivity index (χ0n) is 49.1. The van der Waals surface area contributed by atoms with E-state index in [1.807, 2.05) is 0 Å². The van der Waals surface area contributed by atoms with Crippen LogP contribution >= 0.6 is 11.8 Å². The zero-order valence-corrected chi connectivity index (χ0v) is 49.9. The lowest BCUT2D eigenvalue weighted by atomic mass is 10.1. The average Bonchev–Trinajstić information content (AvgIpc) is 3.72. The van der Waals surface area contributed by atoms with Crippen LogP contribution in [0.2, 0.25) is 0 Å². The fourth-order valence-electron chi connectivity index (χ4n) is 7.38. The molecular formula is C54H86N12O14S. The van der Waals surface area contributed by atoms with Crippen LogP contribution in [0.3, 0.4) is 0 Å². The van der Waals surface area contributed by atoms with Gasteiger partial charge in [-0.1, -0.05) is 25.5 Å². The van der Waals surface area contributed by atoms with E-state index in [0.717, 1.165) is 12.8 Å². The van der Waals surface area contributed by atoms with Gasteiger partial charge < -0.3 is 70.8 Å². The molecule has 0 aliphatic carbocycles. The number of unbranched alkanes of at least 4 members (excludes halogenated alkanes) is 2. The van der Waals surface area contributed by atoms with Gasteiger partial charge in [-0.3, -0.25) is 28.5 Å². The van der Waals surface area contributed by atoms with E-state index in [9.17, 15) is 43.2 Å². The summed E-state index contributed by atoms with van der Waals surface area (Å²) in [7, 11) is 0. The molecule has 3 rings (SSSR count). The molecule has 2 aromatic heterocycles. The summed E-state index contributed by atoms with van der Waals surface area (Å²) < 4.78 is 28.4. The standard InChI is InChI=1S/C54H86N12O14S/c1-13-14-23-58-47-62-43(55)42-44(63-47)66(48(72)61-42)31-37-19-21-38(22-20-37)45(70)59-30-41(69)56-24-17-28-64(50(74)79-53(7,8)9)26-15-16-27-65(51(75)80-54(10,11)12)29-18-25-57-46(71)40(60-49(73)78-52(4,5)6)34-81-33-39(77-36(3)68)32-76-35(2)67/h19-22,39-40H,13-18,23-34H2,1-12H3,(H,56,69)(H,57,71)(H,59,70)(H,60,73)(H,61,72)(H3,55,58,62,63)/t39?,40-/m0/s1. The summed E-state index contributed by atoms with van der Waals surface area (Å²) in [5.41, 5.74) is 4.96. The molecule has 0 radical (unpaired) electrons. The Morgan fingerprint density at radius 3 is 1.83 bits per heavy atom. The first-order valence-corrected chi connectivity index (χ1v) is 28.3. The van der Waals surface area contributed by atoms with Gasteiger partial charge in [-0.15, -0.1) is 0 Å². The lowest BCUT2D eigenvalue weighted by Crippen LogP contribution is -2.50. The van der Waals surface area contributed by atoms with Crippen molar-refractivity contribution in [2.75, 3.05) is 81.5 Å². The predicted molar refractivity (Wildman–Crippen MR) is 307 cm³/mol. The molecule has 27 heteroatoms. The molecule has 6 amide bonds. The molecule has 2 atom stereocenters. The van der Waals surface area contributed by atoms with Gasteiger partial charge >= 0.3 is 35.9 Å². The molecule has 0 fully saturated rings. The molecule has 3 aromatic rings. The quantitative estimate of drug-likeness (QED) is 0.0251. The van der Waals surface area contributed by atoms with Crippen molar-refractivity contribution in [1.29, 1.82) is 0 Å². The third kappa shape index (κ3) is 27.1. The van der Waals surface area contributed by atoms with Crippen molar-refractivity contribution in [1.82, 2.24) is 50.6 Å². The molecular weight excluding hydrogens is 1070 g/mol. The molecule has 1 aromatic carbocycles. The summed E-state index contributed by atoms with van der Waals surface area (Å²) in [5.74, 6) is -1.91. The minimum absolute atomic E-state index is 0.0499. The second-order valence-corrected chi connectivity index (χ2v) is 23.1. The van der Waals surface area contributed by atoms with Crippen LogP contribution in [-0.2, 0) is 49.4 Å². The Morgan fingerprint density at radius 1 is 0.716 bits per heavy atom. The molecule has 0 aliphatic rings. The van der Waals surface area contributed by atoms with E-state index in [1.54, 1.807) is 86.6 Å². The highest BCUT2D eigenvalue weighted by molar-refractivity contribution is 7.99. The number of ether oxygens (including phenoxy) is 5. The van der Waals surface area contributed by atoms with Crippen LogP contribution in [0, 0.1) is 0 Å². The van der Waals surface area contributed by atoms with Crippen LogP contribution in [0.15, 0.2) is 29.1 Å². The van der Waals surface area contributed by atoms with Gasteiger partial charge in [0.25, 0.3) is 5.91 Å². The number of carbonyl (C=O) groups excluding carboxylic acids is 8. The van der Waals surface area contributed by atoms with Crippen molar-refractivity contribution in [3.63, 3.8) is 0 Å². The van der Waals surface area contributed by atoms with Gasteiger partial charge in [-0.25, -0.2) is 19.2 Å². The Morgan fingerprint density at radius 2 is 1.28 bits per heavy atom. The van der Waals surface area contributed by atoms with E-state index in [0.29, 0.717) is 60.5 Å². The van der Waals surface area contributed by atoms with Gasteiger partial charge in [-0.2, -0.15) is 21.7 Å². The zero-order chi connectivity index (χ0) is 60.5. The summed E-state index contributed by atoms with van der Waals surface area (Å²) in [6.45, 7) is 21.6. The number of alkyl carbamates (subject to hydrolysis) is 1. The highest BCUT2D eigenvalue weighted by atomic mass is 32.2. The number of anilines is 2. The Hall–Kier alpha value is -7.32. The Bertz CT molecular complexity index is 2630. The first-order chi connectivity index (χ1) is 37.9. The van der Waals surface area contributed by atoms with Crippen molar-refractivity contribution in [2.45, 2.75) is 157 Å². The summed E-state index contributed by atoms with van der Waals surface area (Å²) in [5, 5.41) is 13.9. The third-order valence-corrected chi connectivity index (χ3v) is 12.2. The summed E-state index contributed by atoms with van der Waals surface area (Å²) >= 11 is 1.19. The SMILES string of the molecule is CCCCNc1nc(N)c2[nH]c(=O)n(Cc3ccc(C(=O)NCC(=O)NCCCN(CCCCN(CCCNC(=O)[C@H](CSCC(COC(C)=O)OC(C)=O)NC(=O)OC(C)(C)C)C(=O)OC(C)(C)C)C(=O)OC(C)(C)C)cc3)c2n1. The molecule has 0 spiro atoms. The number of hydrogen-bond donors (Lipinski definition) is 7. The number of hydrogen-bond acceptors (Lipinski definition) is 19. The molecule has 0 saturated carbocycles. The lowest BCUT2D eigenvalue weighted by molar-refractivity contribution is -0.154. The number of esters is 2. The van der Waals surface area contributed by atoms with Crippen LogP contribution in [0.4, 0.5) is 26.1 Å². The Kier molecular flexibility index (Phi) is 27.5. The van der Waals surface area contributed by atoms with E-state index in [4.69, 9.17) is 29.4 Å². The number of nitrogen functional groups attached to an aromatic ring is 1. The molecule has 26 nitrogen and oxygen atoms in total. The summed E-state index contributed by atoms with van der Waals surface area (Å²) in [6, 6.07) is 5.51. The number of amides is 6. The molecule has 81 heavy (non-hydrogen) atoms. The minimum atomic E-state index is -1.07. The monoisotopic (exact) mass is 1160 g/mol. The van der Waals surface area contributed by atoms with E-state index >= 15 is 0 Å². The maximum atomic E-state index is 13.5. The fourth-order valence-corrected chi connectivity index (χ4v) is 8.42. The molecule has 8 N–H and O–H groups in total. The average molecular weight is 1160 g/mol. The molecule has 0 bridgehead atoms. The number of thioether (sulfide) groups is 1. The van der Waals surface area contributed by atoms with Crippen molar-refractivity contribution in [3.8, 4) is 0 Å². The number of rotatable bonds is 31. The molecule has 0 saturated heterocycles. The number of fused-ring (bicyclic) bond motifs is 1. The number of nitrogens with one attached hydrogen (secondary N) is 6. The number of imidazole rings is 1. The number of benzene rings is 1. The molecule has 452 valence electrons. The van der Waals surface area contributed by atoms with E-state index in [1.165, 1.54) is 40.0 Å². The van der Waals surface area contributed by atoms with Crippen molar-refractivity contribution < 1.29 is 62.0 Å². The maximum Gasteiger partial charge on any atom is 0.410 e. The van der Waals surface area contributed by atoms with Crippen LogP contribution in [0.25, 0.3) is 11.2 Å². The van der Waals surface area contributed by atoms with Crippen molar-refractivity contribution >= 4 is 82.6 Å². The predicted octanol–water partition coefficient (Wildman–Crippen LogP) is 5.08. The van der Waals surface area contributed by atoms with Gasteiger partial charge in [0.1, 0.15) is 41.1 Å². The topological polar surface area (TPSA) is 339 Å².